The summed E-state index contributed by atoms with van der Waals surface area (Å²) in [5.41, 5.74) is 1.33. The first kappa shape index (κ1) is 17.0. The van der Waals surface area contributed by atoms with Crippen molar-refractivity contribution in [3.63, 3.8) is 0 Å². The zero-order chi connectivity index (χ0) is 16.0. The highest BCUT2D eigenvalue weighted by atomic mass is 79.9. The summed E-state index contributed by atoms with van der Waals surface area (Å²) < 4.78 is 0.806. The van der Waals surface area contributed by atoms with Crippen molar-refractivity contribution in [1.29, 1.82) is 0 Å². The molecule has 0 aliphatic heterocycles. The maximum Gasteiger partial charge on any atom is 0.326 e. The first-order valence-corrected chi connectivity index (χ1v) is 6.87. The van der Waals surface area contributed by atoms with E-state index in [2.05, 4.69) is 26.6 Å². The number of carbonyl (C=O) groups is 3. The highest BCUT2D eigenvalue weighted by molar-refractivity contribution is 9.10. The smallest absolute Gasteiger partial charge is 0.326 e. The number of carbonyl (C=O) groups excluding carboxylic acids is 1. The number of rotatable bonds is 6. The van der Waals surface area contributed by atoms with Crippen LogP contribution in [0.3, 0.4) is 0 Å². The zero-order valence-corrected chi connectivity index (χ0v) is 12.8. The predicted octanol–water partition coefficient (Wildman–Crippen LogP) is 2.20. The number of carboxylic acids is 2. The minimum atomic E-state index is -1.28. The summed E-state index contributed by atoms with van der Waals surface area (Å²) in [6.45, 7) is 1.79. The number of urea groups is 1. The fourth-order valence-corrected chi connectivity index (χ4v) is 1.95. The van der Waals surface area contributed by atoms with Gasteiger partial charge in [-0.25, -0.2) is 9.59 Å². The van der Waals surface area contributed by atoms with Crippen molar-refractivity contribution >= 4 is 39.6 Å². The molecule has 0 aliphatic carbocycles. The van der Waals surface area contributed by atoms with Crippen molar-refractivity contribution in [2.24, 2.45) is 0 Å². The van der Waals surface area contributed by atoms with Gasteiger partial charge in [-0.05, 0) is 31.0 Å². The molecule has 21 heavy (non-hydrogen) atoms. The fraction of sp³-hybridized carbons (Fsp3) is 0.308. The van der Waals surface area contributed by atoms with Gasteiger partial charge in [0.15, 0.2) is 0 Å². The van der Waals surface area contributed by atoms with Crippen LogP contribution >= 0.6 is 15.9 Å². The van der Waals surface area contributed by atoms with Crippen LogP contribution in [0.2, 0.25) is 0 Å². The summed E-state index contributed by atoms with van der Waals surface area (Å²) in [6, 6.07) is 3.26. The molecule has 1 atom stereocenters. The first-order chi connectivity index (χ1) is 9.81. The number of benzene rings is 1. The molecule has 4 N–H and O–H groups in total. The highest BCUT2D eigenvalue weighted by Gasteiger charge is 2.21. The maximum atomic E-state index is 11.8. The van der Waals surface area contributed by atoms with Crippen LogP contribution in [0.4, 0.5) is 10.5 Å². The second kappa shape index (κ2) is 7.63. The Morgan fingerprint density at radius 2 is 1.95 bits per heavy atom. The van der Waals surface area contributed by atoms with E-state index in [1.807, 2.05) is 6.07 Å². The van der Waals surface area contributed by atoms with E-state index in [-0.39, 0.29) is 12.8 Å². The van der Waals surface area contributed by atoms with Gasteiger partial charge in [-0.15, -0.1) is 0 Å². The number of carboxylic acid groups (broad SMARTS) is 2. The summed E-state index contributed by atoms with van der Waals surface area (Å²) in [5, 5.41) is 22.3. The molecule has 2 amide bonds. The average Bonchev–Trinajstić information content (AvgIpc) is 2.39. The SMILES string of the molecule is Cc1c(Br)cccc1NC(=O)NC(CCC(=O)O)C(=O)O. The van der Waals surface area contributed by atoms with Crippen LogP contribution < -0.4 is 10.6 Å². The second-order valence-corrected chi connectivity index (χ2v) is 5.19. The topological polar surface area (TPSA) is 116 Å². The van der Waals surface area contributed by atoms with Gasteiger partial charge in [0.05, 0.1) is 0 Å². The lowest BCUT2D eigenvalue weighted by Gasteiger charge is -2.15. The quantitative estimate of drug-likeness (QED) is 0.622. The Kier molecular flexibility index (Phi) is 6.16. The lowest BCUT2D eigenvalue weighted by Crippen LogP contribution is -2.43. The normalized spacial score (nSPS) is 11.5. The molecule has 0 saturated carbocycles. The van der Waals surface area contributed by atoms with E-state index in [4.69, 9.17) is 10.2 Å². The molecular weight excluding hydrogens is 344 g/mol. The van der Waals surface area contributed by atoms with Gasteiger partial charge in [0.25, 0.3) is 0 Å². The van der Waals surface area contributed by atoms with Gasteiger partial charge in [-0.2, -0.15) is 0 Å². The van der Waals surface area contributed by atoms with E-state index in [1.165, 1.54) is 0 Å². The second-order valence-electron chi connectivity index (χ2n) is 4.33. The van der Waals surface area contributed by atoms with Crippen LogP contribution in [-0.2, 0) is 9.59 Å². The van der Waals surface area contributed by atoms with Crippen molar-refractivity contribution in [1.82, 2.24) is 5.32 Å². The van der Waals surface area contributed by atoms with E-state index in [0.29, 0.717) is 5.69 Å². The molecule has 0 aliphatic rings. The minimum absolute atomic E-state index is 0.185. The lowest BCUT2D eigenvalue weighted by atomic mass is 10.1. The van der Waals surface area contributed by atoms with Crippen LogP contribution in [-0.4, -0.2) is 34.2 Å². The van der Waals surface area contributed by atoms with Gasteiger partial charge in [0.2, 0.25) is 0 Å². The lowest BCUT2D eigenvalue weighted by molar-refractivity contribution is -0.140. The Labute approximate surface area is 129 Å². The Balaban J connectivity index is 2.67. The van der Waals surface area contributed by atoms with Crippen molar-refractivity contribution < 1.29 is 24.6 Å². The monoisotopic (exact) mass is 358 g/mol. The number of hydrogen-bond donors (Lipinski definition) is 4. The third kappa shape index (κ3) is 5.42. The predicted molar refractivity (Wildman–Crippen MR) is 79.3 cm³/mol. The van der Waals surface area contributed by atoms with Crippen LogP contribution in [0, 0.1) is 6.92 Å². The largest absolute Gasteiger partial charge is 0.481 e. The van der Waals surface area contributed by atoms with E-state index in [1.54, 1.807) is 19.1 Å². The van der Waals surface area contributed by atoms with Gasteiger partial charge in [0, 0.05) is 16.6 Å². The maximum absolute atomic E-state index is 11.8. The fourth-order valence-electron chi connectivity index (χ4n) is 1.58. The van der Waals surface area contributed by atoms with Gasteiger partial charge in [-0.3, -0.25) is 4.79 Å². The molecule has 0 fully saturated rings. The number of nitrogens with one attached hydrogen (secondary N) is 2. The standard InChI is InChI=1S/C13H15BrN2O5/c1-7-8(14)3-2-4-9(7)15-13(21)16-10(12(19)20)5-6-11(17)18/h2-4,10H,5-6H2,1H3,(H,17,18)(H,19,20)(H2,15,16,21). The summed E-state index contributed by atoms with van der Waals surface area (Å²) in [7, 11) is 0. The molecule has 0 spiro atoms. The molecular formula is C13H15BrN2O5. The van der Waals surface area contributed by atoms with Gasteiger partial charge in [-0.1, -0.05) is 22.0 Å². The molecule has 7 nitrogen and oxygen atoms in total. The van der Waals surface area contributed by atoms with Crippen molar-refractivity contribution in [2.45, 2.75) is 25.8 Å². The number of anilines is 1. The molecule has 0 heterocycles. The van der Waals surface area contributed by atoms with E-state index < -0.39 is 24.0 Å². The third-order valence-corrected chi connectivity index (χ3v) is 3.63. The third-order valence-electron chi connectivity index (χ3n) is 2.77. The Morgan fingerprint density at radius 1 is 1.29 bits per heavy atom. The summed E-state index contributed by atoms with van der Waals surface area (Å²) in [5.74, 6) is -2.40. The molecule has 0 aromatic heterocycles. The van der Waals surface area contributed by atoms with Crippen molar-refractivity contribution in [3.05, 3.63) is 28.2 Å². The molecule has 1 rings (SSSR count). The Bertz CT molecular complexity index is 561. The van der Waals surface area contributed by atoms with Crippen molar-refractivity contribution in [3.8, 4) is 0 Å². The summed E-state index contributed by atoms with van der Waals surface area (Å²) >= 11 is 3.32. The minimum Gasteiger partial charge on any atom is -0.481 e. The van der Waals surface area contributed by atoms with Crippen molar-refractivity contribution in [2.75, 3.05) is 5.32 Å². The van der Waals surface area contributed by atoms with Gasteiger partial charge in [0.1, 0.15) is 6.04 Å². The van der Waals surface area contributed by atoms with E-state index in [9.17, 15) is 14.4 Å². The number of halogens is 1. The first-order valence-electron chi connectivity index (χ1n) is 6.08. The van der Waals surface area contributed by atoms with Gasteiger partial charge >= 0.3 is 18.0 Å². The van der Waals surface area contributed by atoms with E-state index in [0.717, 1.165) is 10.0 Å². The zero-order valence-electron chi connectivity index (χ0n) is 11.2. The average molecular weight is 359 g/mol. The molecule has 0 bridgehead atoms. The molecule has 0 radical (unpaired) electrons. The molecule has 1 unspecified atom stereocenters. The molecule has 0 saturated heterocycles. The Hall–Kier alpha value is -2.09. The molecule has 114 valence electrons. The summed E-state index contributed by atoms with van der Waals surface area (Å²) in [4.78, 5) is 33.2. The van der Waals surface area contributed by atoms with Gasteiger partial charge < -0.3 is 20.8 Å². The van der Waals surface area contributed by atoms with E-state index >= 15 is 0 Å². The molecule has 8 heteroatoms. The molecule has 1 aromatic carbocycles. The number of hydrogen-bond acceptors (Lipinski definition) is 3. The van der Waals surface area contributed by atoms with Crippen LogP contribution in [0.5, 0.6) is 0 Å². The highest BCUT2D eigenvalue weighted by Crippen LogP contribution is 2.23. The van der Waals surface area contributed by atoms with Crippen LogP contribution in [0.15, 0.2) is 22.7 Å². The van der Waals surface area contributed by atoms with Crippen LogP contribution in [0.1, 0.15) is 18.4 Å². The number of aliphatic carboxylic acids is 2. The summed E-state index contributed by atoms with van der Waals surface area (Å²) in [6.07, 6.45) is -0.525. The number of amides is 2. The van der Waals surface area contributed by atoms with Crippen LogP contribution in [0.25, 0.3) is 0 Å². The Morgan fingerprint density at radius 3 is 2.52 bits per heavy atom. The molecule has 1 aromatic rings.